The van der Waals surface area contributed by atoms with E-state index in [0.717, 1.165) is 23.2 Å². The maximum atomic E-state index is 6.11. The Balaban J connectivity index is 3.18. The predicted octanol–water partition coefficient (Wildman–Crippen LogP) is 2.64. The Kier molecular flexibility index (Phi) is 3.17. The van der Waals surface area contributed by atoms with Gasteiger partial charge in [0.05, 0.1) is 5.02 Å². The summed E-state index contributed by atoms with van der Waals surface area (Å²) in [6.45, 7) is 3.94. The summed E-state index contributed by atoms with van der Waals surface area (Å²) in [7, 11) is 0. The molecule has 0 aliphatic rings. The molecule has 0 bridgehead atoms. The number of hydrogen-bond donors (Lipinski definition) is 2. The Hall–Kier alpha value is -0.730. The minimum Gasteiger partial charge on any atom is -0.398 e. The van der Waals surface area contributed by atoms with Crippen LogP contribution in [-0.2, 0) is 0 Å². The maximum absolute atomic E-state index is 6.11. The second kappa shape index (κ2) is 3.99. The molecule has 0 fully saturated rings. The summed E-state index contributed by atoms with van der Waals surface area (Å²) in [5, 5.41) is 0.703. The Morgan fingerprint density at radius 3 is 2.62 bits per heavy atom. The zero-order valence-electron chi connectivity index (χ0n) is 7.97. The van der Waals surface area contributed by atoms with Crippen molar-refractivity contribution in [3.63, 3.8) is 0 Å². The van der Waals surface area contributed by atoms with Crippen LogP contribution in [0.25, 0.3) is 0 Å². The zero-order valence-corrected chi connectivity index (χ0v) is 8.73. The van der Waals surface area contributed by atoms with Gasteiger partial charge in [0.25, 0.3) is 0 Å². The van der Waals surface area contributed by atoms with E-state index in [2.05, 4.69) is 0 Å². The third kappa shape index (κ3) is 1.95. The lowest BCUT2D eigenvalue weighted by Gasteiger charge is -2.14. The molecule has 1 aromatic rings. The average molecular weight is 199 g/mol. The van der Waals surface area contributed by atoms with Crippen LogP contribution in [0.5, 0.6) is 0 Å². The molecule has 72 valence electrons. The smallest absolute Gasteiger partial charge is 0.0503 e. The molecule has 0 saturated heterocycles. The van der Waals surface area contributed by atoms with Crippen molar-refractivity contribution in [2.45, 2.75) is 26.3 Å². The molecule has 13 heavy (non-hydrogen) atoms. The van der Waals surface area contributed by atoms with E-state index in [4.69, 9.17) is 23.1 Å². The molecule has 0 spiro atoms. The van der Waals surface area contributed by atoms with Crippen LogP contribution < -0.4 is 11.5 Å². The molecule has 3 heteroatoms. The summed E-state index contributed by atoms with van der Waals surface area (Å²) in [5.74, 6) is 0. The van der Waals surface area contributed by atoms with Gasteiger partial charge in [-0.25, -0.2) is 0 Å². The van der Waals surface area contributed by atoms with Gasteiger partial charge in [-0.1, -0.05) is 24.6 Å². The topological polar surface area (TPSA) is 52.0 Å². The molecule has 0 aromatic heterocycles. The standard InChI is InChI=1S/C10H15ClN2/c1-3-8(12)7-4-5-9(13)6(2)10(7)11/h4-5,8H,3,12-13H2,1-2H3/t8-/m0/s1. The summed E-state index contributed by atoms with van der Waals surface area (Å²) in [6.07, 6.45) is 0.878. The van der Waals surface area contributed by atoms with Crippen molar-refractivity contribution in [2.24, 2.45) is 5.73 Å². The normalized spacial score (nSPS) is 12.9. The van der Waals surface area contributed by atoms with Gasteiger partial charge in [-0.3, -0.25) is 0 Å². The van der Waals surface area contributed by atoms with Crippen LogP contribution in [-0.4, -0.2) is 0 Å². The van der Waals surface area contributed by atoms with Crippen LogP contribution in [0.15, 0.2) is 12.1 Å². The highest BCUT2D eigenvalue weighted by atomic mass is 35.5. The fraction of sp³-hybridized carbons (Fsp3) is 0.400. The molecule has 0 aliphatic carbocycles. The monoisotopic (exact) mass is 198 g/mol. The van der Waals surface area contributed by atoms with Crippen LogP contribution in [0.4, 0.5) is 5.69 Å². The summed E-state index contributed by atoms with van der Waals surface area (Å²) < 4.78 is 0. The van der Waals surface area contributed by atoms with Crippen LogP contribution in [0, 0.1) is 6.92 Å². The lowest BCUT2D eigenvalue weighted by atomic mass is 10.0. The van der Waals surface area contributed by atoms with Gasteiger partial charge in [-0.05, 0) is 30.5 Å². The molecule has 4 N–H and O–H groups in total. The molecule has 0 unspecified atom stereocenters. The fourth-order valence-corrected chi connectivity index (χ4v) is 1.54. The van der Waals surface area contributed by atoms with E-state index in [-0.39, 0.29) is 6.04 Å². The Morgan fingerprint density at radius 1 is 1.46 bits per heavy atom. The van der Waals surface area contributed by atoms with Gasteiger partial charge >= 0.3 is 0 Å². The highest BCUT2D eigenvalue weighted by Crippen LogP contribution is 2.29. The van der Waals surface area contributed by atoms with Gasteiger partial charge in [0.1, 0.15) is 0 Å². The second-order valence-electron chi connectivity index (χ2n) is 3.20. The van der Waals surface area contributed by atoms with Crippen molar-refractivity contribution in [3.8, 4) is 0 Å². The van der Waals surface area contributed by atoms with E-state index in [1.54, 1.807) is 0 Å². The SMILES string of the molecule is CC[C@H](N)c1ccc(N)c(C)c1Cl. The van der Waals surface area contributed by atoms with Crippen LogP contribution >= 0.6 is 11.6 Å². The summed E-state index contributed by atoms with van der Waals surface area (Å²) in [4.78, 5) is 0. The van der Waals surface area contributed by atoms with Gasteiger partial charge < -0.3 is 11.5 Å². The van der Waals surface area contributed by atoms with E-state index in [1.807, 2.05) is 26.0 Å². The van der Waals surface area contributed by atoms with Crippen molar-refractivity contribution in [1.82, 2.24) is 0 Å². The number of nitrogens with two attached hydrogens (primary N) is 2. The highest BCUT2D eigenvalue weighted by Gasteiger charge is 2.10. The quantitative estimate of drug-likeness (QED) is 0.718. The average Bonchev–Trinajstić information content (AvgIpc) is 2.13. The minimum atomic E-state index is 0.00630. The molecule has 0 amide bonds. The number of benzene rings is 1. The first-order valence-electron chi connectivity index (χ1n) is 4.38. The molecule has 0 heterocycles. The number of anilines is 1. The number of nitrogen functional groups attached to an aromatic ring is 1. The molecule has 1 aromatic carbocycles. The van der Waals surface area contributed by atoms with E-state index in [0.29, 0.717) is 5.02 Å². The van der Waals surface area contributed by atoms with Crippen molar-refractivity contribution in [3.05, 3.63) is 28.3 Å². The van der Waals surface area contributed by atoms with Gasteiger partial charge in [0, 0.05) is 11.7 Å². The third-order valence-corrected chi connectivity index (χ3v) is 2.80. The third-order valence-electron chi connectivity index (χ3n) is 2.30. The van der Waals surface area contributed by atoms with Gasteiger partial charge in [-0.2, -0.15) is 0 Å². The van der Waals surface area contributed by atoms with Crippen LogP contribution in [0.3, 0.4) is 0 Å². The molecule has 0 saturated carbocycles. The summed E-state index contributed by atoms with van der Waals surface area (Å²) in [5.41, 5.74) is 14.2. The lowest BCUT2D eigenvalue weighted by Crippen LogP contribution is -2.10. The minimum absolute atomic E-state index is 0.00630. The van der Waals surface area contributed by atoms with Crippen molar-refractivity contribution in [1.29, 1.82) is 0 Å². The maximum Gasteiger partial charge on any atom is 0.0503 e. The van der Waals surface area contributed by atoms with E-state index in [9.17, 15) is 0 Å². The summed E-state index contributed by atoms with van der Waals surface area (Å²) >= 11 is 6.11. The highest BCUT2D eigenvalue weighted by molar-refractivity contribution is 6.32. The first kappa shape index (κ1) is 10.4. The van der Waals surface area contributed by atoms with Crippen molar-refractivity contribution in [2.75, 3.05) is 5.73 Å². The zero-order chi connectivity index (χ0) is 10.0. The molecule has 0 aliphatic heterocycles. The Bertz CT molecular complexity index is 310. The van der Waals surface area contributed by atoms with Crippen LogP contribution in [0.2, 0.25) is 5.02 Å². The van der Waals surface area contributed by atoms with E-state index >= 15 is 0 Å². The van der Waals surface area contributed by atoms with Crippen LogP contribution in [0.1, 0.15) is 30.5 Å². The number of halogens is 1. The van der Waals surface area contributed by atoms with Gasteiger partial charge in [0.2, 0.25) is 0 Å². The Morgan fingerprint density at radius 2 is 2.08 bits per heavy atom. The van der Waals surface area contributed by atoms with E-state index in [1.165, 1.54) is 0 Å². The van der Waals surface area contributed by atoms with Crippen molar-refractivity contribution >= 4 is 17.3 Å². The Labute approximate surface area is 83.9 Å². The fourth-order valence-electron chi connectivity index (χ4n) is 1.23. The lowest BCUT2D eigenvalue weighted by molar-refractivity contribution is 0.698. The number of rotatable bonds is 2. The largest absolute Gasteiger partial charge is 0.398 e. The van der Waals surface area contributed by atoms with Gasteiger partial charge in [0.15, 0.2) is 0 Å². The van der Waals surface area contributed by atoms with E-state index < -0.39 is 0 Å². The second-order valence-corrected chi connectivity index (χ2v) is 3.58. The predicted molar refractivity (Wildman–Crippen MR) is 57.8 cm³/mol. The van der Waals surface area contributed by atoms with Gasteiger partial charge in [-0.15, -0.1) is 0 Å². The summed E-state index contributed by atoms with van der Waals surface area (Å²) in [6, 6.07) is 3.76. The molecular weight excluding hydrogens is 184 g/mol. The molecule has 1 atom stereocenters. The molecule has 1 rings (SSSR count). The number of hydrogen-bond acceptors (Lipinski definition) is 2. The first-order valence-corrected chi connectivity index (χ1v) is 4.75. The molecular formula is C10H15ClN2. The van der Waals surface area contributed by atoms with Crippen molar-refractivity contribution < 1.29 is 0 Å². The first-order chi connectivity index (χ1) is 6.07. The molecule has 2 nitrogen and oxygen atoms in total. The molecule has 0 radical (unpaired) electrons.